The highest BCUT2D eigenvalue weighted by Crippen LogP contribution is 2.42. The van der Waals surface area contributed by atoms with Gasteiger partial charge in [0.05, 0.1) is 6.54 Å². The topological polar surface area (TPSA) is 57.7 Å². The number of halogens is 1. The summed E-state index contributed by atoms with van der Waals surface area (Å²) < 4.78 is 14.7. The van der Waals surface area contributed by atoms with E-state index >= 15 is 0 Å². The van der Waals surface area contributed by atoms with Gasteiger partial charge in [0.2, 0.25) is 5.91 Å². The minimum absolute atomic E-state index is 0.0962. The Balaban J connectivity index is 1.85. The highest BCUT2D eigenvalue weighted by atomic mass is 19.1. The first-order valence-electron chi connectivity index (χ1n) is 12.1. The zero-order valence-electron chi connectivity index (χ0n) is 20.9. The molecule has 2 unspecified atom stereocenters. The summed E-state index contributed by atoms with van der Waals surface area (Å²) in [6.45, 7) is 2.39. The van der Waals surface area contributed by atoms with Gasteiger partial charge in [-0.15, -0.1) is 0 Å². The Kier molecular flexibility index (Phi) is 7.75. The van der Waals surface area contributed by atoms with Gasteiger partial charge in [0, 0.05) is 56.1 Å². The number of benzene rings is 3. The summed E-state index contributed by atoms with van der Waals surface area (Å²) in [4.78, 5) is 43.9. The minimum Gasteiger partial charge on any atom is -0.348 e. The van der Waals surface area contributed by atoms with E-state index in [-0.39, 0.29) is 29.8 Å². The van der Waals surface area contributed by atoms with Crippen LogP contribution < -0.4 is 0 Å². The molecule has 0 radical (unpaired) electrons. The van der Waals surface area contributed by atoms with Crippen molar-refractivity contribution in [3.63, 3.8) is 0 Å². The highest BCUT2D eigenvalue weighted by Gasteiger charge is 2.45. The van der Waals surface area contributed by atoms with Gasteiger partial charge in [-0.1, -0.05) is 72.8 Å². The number of carbonyl (C=O) groups is 3. The van der Waals surface area contributed by atoms with Crippen molar-refractivity contribution in [2.75, 3.05) is 33.7 Å². The zero-order chi connectivity index (χ0) is 25.8. The summed E-state index contributed by atoms with van der Waals surface area (Å²) in [6, 6.07) is 22.8. The molecule has 1 fully saturated rings. The molecular formula is C30H31FN2O3. The Morgan fingerprint density at radius 3 is 1.78 bits per heavy atom. The molecule has 4 rings (SSSR count). The van der Waals surface area contributed by atoms with Crippen LogP contribution in [0.5, 0.6) is 0 Å². The molecule has 0 aliphatic carbocycles. The van der Waals surface area contributed by atoms with Gasteiger partial charge in [-0.05, 0) is 24.1 Å². The molecule has 2 atom stereocenters. The lowest BCUT2D eigenvalue weighted by Gasteiger charge is -2.43. The van der Waals surface area contributed by atoms with Crippen LogP contribution in [-0.2, 0) is 4.79 Å². The van der Waals surface area contributed by atoms with Crippen LogP contribution in [-0.4, -0.2) is 61.0 Å². The van der Waals surface area contributed by atoms with Gasteiger partial charge < -0.3 is 4.90 Å². The number of nitrogens with zero attached hydrogens (tertiary/aromatic N) is 2. The van der Waals surface area contributed by atoms with E-state index in [2.05, 4.69) is 0 Å². The van der Waals surface area contributed by atoms with E-state index in [1.54, 1.807) is 75.6 Å². The number of rotatable bonds is 7. The second kappa shape index (κ2) is 11.0. The van der Waals surface area contributed by atoms with E-state index in [0.29, 0.717) is 35.3 Å². The fourth-order valence-corrected chi connectivity index (χ4v) is 5.14. The maximum Gasteiger partial charge on any atom is 0.236 e. The quantitative estimate of drug-likeness (QED) is 0.458. The van der Waals surface area contributed by atoms with Gasteiger partial charge >= 0.3 is 0 Å². The Morgan fingerprint density at radius 2 is 1.31 bits per heavy atom. The van der Waals surface area contributed by atoms with Crippen LogP contribution in [0.2, 0.25) is 0 Å². The molecule has 0 bridgehead atoms. The number of Topliss-reactive ketones (excluding diaryl/α,β-unsaturated/α-hetero) is 2. The summed E-state index contributed by atoms with van der Waals surface area (Å²) in [5.74, 6) is -2.49. The van der Waals surface area contributed by atoms with Gasteiger partial charge in [0.15, 0.2) is 11.6 Å². The molecule has 0 N–H and O–H groups in total. The molecule has 1 aliphatic rings. The van der Waals surface area contributed by atoms with Crippen molar-refractivity contribution < 1.29 is 18.8 Å². The fourth-order valence-electron chi connectivity index (χ4n) is 5.14. The second-order valence-electron chi connectivity index (χ2n) is 9.64. The van der Waals surface area contributed by atoms with E-state index in [1.807, 2.05) is 23.1 Å². The third kappa shape index (κ3) is 5.29. The summed E-state index contributed by atoms with van der Waals surface area (Å²) in [7, 11) is 3.37. The molecule has 1 aliphatic heterocycles. The molecule has 3 aromatic carbocycles. The second-order valence-corrected chi connectivity index (χ2v) is 9.64. The van der Waals surface area contributed by atoms with Crippen molar-refractivity contribution in [2.45, 2.75) is 12.8 Å². The number of likely N-dealkylation sites (tertiary alicyclic amines) is 1. The average Bonchev–Trinajstić information content (AvgIpc) is 2.90. The lowest BCUT2D eigenvalue weighted by molar-refractivity contribution is -0.130. The Hall–Kier alpha value is -3.64. The number of piperidine rings is 1. The van der Waals surface area contributed by atoms with Crippen molar-refractivity contribution in [3.8, 4) is 0 Å². The molecular weight excluding hydrogens is 455 g/mol. The largest absolute Gasteiger partial charge is 0.348 e. The maximum absolute atomic E-state index is 14.7. The van der Waals surface area contributed by atoms with Crippen LogP contribution in [0.25, 0.3) is 0 Å². The molecule has 1 amide bonds. The van der Waals surface area contributed by atoms with Gasteiger partial charge in [0.1, 0.15) is 5.82 Å². The van der Waals surface area contributed by atoms with E-state index in [1.165, 1.54) is 11.0 Å². The van der Waals surface area contributed by atoms with Crippen LogP contribution in [0.4, 0.5) is 4.39 Å². The van der Waals surface area contributed by atoms with Gasteiger partial charge in [0.25, 0.3) is 0 Å². The minimum atomic E-state index is -0.630. The van der Waals surface area contributed by atoms with Crippen molar-refractivity contribution in [3.05, 3.63) is 107 Å². The summed E-state index contributed by atoms with van der Waals surface area (Å²) >= 11 is 0. The first kappa shape index (κ1) is 25.5. The lowest BCUT2D eigenvalue weighted by atomic mass is 9.68. The van der Waals surface area contributed by atoms with E-state index in [9.17, 15) is 18.8 Å². The fraction of sp³-hybridized carbons (Fsp3) is 0.300. The summed E-state index contributed by atoms with van der Waals surface area (Å²) in [5, 5.41) is 0. The van der Waals surface area contributed by atoms with Crippen LogP contribution in [0.1, 0.15) is 37.8 Å². The molecule has 5 nitrogen and oxygen atoms in total. The number of hydrogen-bond acceptors (Lipinski definition) is 4. The number of ketones is 2. The molecule has 0 spiro atoms. The summed E-state index contributed by atoms with van der Waals surface area (Å²) in [5.41, 5.74) is 2.18. The summed E-state index contributed by atoms with van der Waals surface area (Å²) in [6.07, 6.45) is 0. The third-order valence-corrected chi connectivity index (χ3v) is 7.09. The lowest BCUT2D eigenvalue weighted by Crippen LogP contribution is -2.52. The van der Waals surface area contributed by atoms with Crippen LogP contribution in [0.15, 0.2) is 78.9 Å². The molecule has 1 heterocycles. The average molecular weight is 487 g/mol. The van der Waals surface area contributed by atoms with Crippen LogP contribution in [0.3, 0.4) is 0 Å². The van der Waals surface area contributed by atoms with E-state index in [0.717, 1.165) is 0 Å². The molecule has 0 saturated carbocycles. The third-order valence-electron chi connectivity index (χ3n) is 7.09. The molecule has 6 heteroatoms. The Labute approximate surface area is 211 Å². The number of hydrogen-bond donors (Lipinski definition) is 0. The van der Waals surface area contributed by atoms with Crippen molar-refractivity contribution in [2.24, 2.45) is 11.8 Å². The molecule has 0 aromatic heterocycles. The van der Waals surface area contributed by atoms with Crippen molar-refractivity contribution in [1.82, 2.24) is 9.80 Å². The predicted molar refractivity (Wildman–Crippen MR) is 138 cm³/mol. The molecule has 186 valence electrons. The first-order chi connectivity index (χ1) is 17.3. The number of carbonyl (C=O) groups excluding carboxylic acids is 3. The maximum atomic E-state index is 14.7. The normalized spacial score (nSPS) is 20.1. The first-order valence-corrected chi connectivity index (χ1v) is 12.1. The highest BCUT2D eigenvalue weighted by molar-refractivity contribution is 6.02. The molecule has 3 aromatic rings. The number of amides is 1. The standard InChI is InChI=1S/C30H31FN2O3/c1-20-23(15-10-16-26(20)31)28-24(29(35)21-11-6-4-7-12-21)17-33(19-27(34)32(2)3)18-25(28)30(36)22-13-8-5-9-14-22/h4-16,24-25,28H,17-19H2,1-3H3. The Bertz CT molecular complexity index is 1180. The molecule has 36 heavy (non-hydrogen) atoms. The number of likely N-dealkylation sites (N-methyl/N-ethyl adjacent to an activating group) is 1. The van der Waals surface area contributed by atoms with Crippen molar-refractivity contribution >= 4 is 17.5 Å². The molecule has 1 saturated heterocycles. The Morgan fingerprint density at radius 1 is 0.806 bits per heavy atom. The van der Waals surface area contributed by atoms with Crippen LogP contribution >= 0.6 is 0 Å². The van der Waals surface area contributed by atoms with Gasteiger partial charge in [-0.3, -0.25) is 19.3 Å². The van der Waals surface area contributed by atoms with E-state index in [4.69, 9.17) is 0 Å². The predicted octanol–water partition coefficient (Wildman–Crippen LogP) is 4.62. The van der Waals surface area contributed by atoms with Gasteiger partial charge in [-0.25, -0.2) is 4.39 Å². The smallest absolute Gasteiger partial charge is 0.236 e. The van der Waals surface area contributed by atoms with Crippen molar-refractivity contribution in [1.29, 1.82) is 0 Å². The monoisotopic (exact) mass is 486 g/mol. The van der Waals surface area contributed by atoms with Crippen LogP contribution in [0, 0.1) is 24.6 Å². The van der Waals surface area contributed by atoms with Gasteiger partial charge in [-0.2, -0.15) is 0 Å². The van der Waals surface area contributed by atoms with E-state index < -0.39 is 17.8 Å². The SMILES string of the molecule is Cc1c(F)cccc1C1C(C(=O)c2ccccc2)CN(CC(=O)N(C)C)CC1C(=O)c1ccccc1. The zero-order valence-corrected chi connectivity index (χ0v) is 20.9.